The number of ether oxygens (including phenoxy) is 1. The quantitative estimate of drug-likeness (QED) is 0.288. The van der Waals surface area contributed by atoms with Crippen LogP contribution in [-0.4, -0.2) is 37.8 Å². The molecule has 0 radical (unpaired) electrons. The molecule has 0 bridgehead atoms. The van der Waals surface area contributed by atoms with E-state index in [1.165, 1.54) is 18.2 Å². The van der Waals surface area contributed by atoms with Gasteiger partial charge >= 0.3 is 5.97 Å². The molecule has 9 heteroatoms. The average Bonchev–Trinajstić information content (AvgIpc) is 3.39. The standard InChI is InChI=1S/C26H28N6O2S/c1-17-9-11-20(12-10-17)14-31-16-22(13-27-31)28-26(35)29-24-18(2)30-32(19(24)3)15-21-7-5-6-8-23(21)25(33)34-4/h5-13,16H,14-15H2,1-4H3,(H2,28,29,35). The summed E-state index contributed by atoms with van der Waals surface area (Å²) in [4.78, 5) is 12.1. The van der Waals surface area contributed by atoms with Crippen LogP contribution in [0.1, 0.15) is 38.4 Å². The minimum atomic E-state index is -0.367. The van der Waals surface area contributed by atoms with E-state index < -0.39 is 0 Å². The number of benzene rings is 2. The second-order valence-electron chi connectivity index (χ2n) is 8.34. The number of aromatic nitrogens is 4. The molecule has 2 aromatic carbocycles. The Bertz CT molecular complexity index is 1360. The molecule has 0 aliphatic heterocycles. The van der Waals surface area contributed by atoms with Crippen LogP contribution in [-0.2, 0) is 17.8 Å². The van der Waals surface area contributed by atoms with Gasteiger partial charge in [-0.2, -0.15) is 10.2 Å². The summed E-state index contributed by atoms with van der Waals surface area (Å²) in [6, 6.07) is 15.7. The predicted octanol–water partition coefficient (Wildman–Crippen LogP) is 4.70. The second-order valence-corrected chi connectivity index (χ2v) is 8.75. The Balaban J connectivity index is 1.42. The van der Waals surface area contributed by atoms with Crippen molar-refractivity contribution >= 4 is 34.7 Å². The molecule has 4 rings (SSSR count). The summed E-state index contributed by atoms with van der Waals surface area (Å²) >= 11 is 5.54. The summed E-state index contributed by atoms with van der Waals surface area (Å²) in [6.45, 7) is 7.07. The number of rotatable bonds is 7. The first-order valence-electron chi connectivity index (χ1n) is 11.2. The van der Waals surface area contributed by atoms with Gasteiger partial charge in [0, 0.05) is 6.20 Å². The van der Waals surface area contributed by atoms with Crippen molar-refractivity contribution in [2.24, 2.45) is 0 Å². The lowest BCUT2D eigenvalue weighted by Gasteiger charge is -2.11. The zero-order valence-electron chi connectivity index (χ0n) is 20.2. The van der Waals surface area contributed by atoms with Crippen molar-refractivity contribution in [3.63, 3.8) is 0 Å². The summed E-state index contributed by atoms with van der Waals surface area (Å²) in [5.74, 6) is -0.367. The van der Waals surface area contributed by atoms with Crippen molar-refractivity contribution in [3.8, 4) is 0 Å². The van der Waals surface area contributed by atoms with E-state index in [2.05, 4.69) is 52.0 Å². The maximum atomic E-state index is 12.1. The van der Waals surface area contributed by atoms with Gasteiger partial charge in [-0.1, -0.05) is 48.0 Å². The van der Waals surface area contributed by atoms with Gasteiger partial charge in [0.25, 0.3) is 0 Å². The van der Waals surface area contributed by atoms with E-state index in [0.29, 0.717) is 23.8 Å². The number of hydrogen-bond acceptors (Lipinski definition) is 5. The van der Waals surface area contributed by atoms with Gasteiger partial charge in [-0.25, -0.2) is 4.79 Å². The summed E-state index contributed by atoms with van der Waals surface area (Å²) in [7, 11) is 1.38. The minimum Gasteiger partial charge on any atom is -0.465 e. The smallest absolute Gasteiger partial charge is 0.338 e. The highest BCUT2D eigenvalue weighted by Gasteiger charge is 2.16. The van der Waals surface area contributed by atoms with E-state index in [1.54, 1.807) is 12.3 Å². The van der Waals surface area contributed by atoms with Gasteiger partial charge in [0.1, 0.15) is 0 Å². The Kier molecular flexibility index (Phi) is 7.26. The number of thiocarbonyl (C=S) groups is 1. The van der Waals surface area contributed by atoms with Crippen LogP contribution in [0.2, 0.25) is 0 Å². The van der Waals surface area contributed by atoms with Crippen LogP contribution < -0.4 is 10.6 Å². The van der Waals surface area contributed by atoms with Crippen molar-refractivity contribution in [1.29, 1.82) is 0 Å². The lowest BCUT2D eigenvalue weighted by molar-refractivity contribution is 0.0599. The van der Waals surface area contributed by atoms with Gasteiger partial charge in [0.2, 0.25) is 0 Å². The molecule has 0 amide bonds. The van der Waals surface area contributed by atoms with Gasteiger partial charge in [-0.15, -0.1) is 0 Å². The first-order chi connectivity index (χ1) is 16.8. The van der Waals surface area contributed by atoms with Gasteiger partial charge in [-0.3, -0.25) is 9.36 Å². The highest BCUT2D eigenvalue weighted by molar-refractivity contribution is 7.80. The molecule has 0 unspecified atom stereocenters. The summed E-state index contributed by atoms with van der Waals surface area (Å²) in [6.07, 6.45) is 3.66. The predicted molar refractivity (Wildman–Crippen MR) is 141 cm³/mol. The number of esters is 1. The number of aryl methyl sites for hydroxylation is 2. The third-order valence-electron chi connectivity index (χ3n) is 5.72. The summed E-state index contributed by atoms with van der Waals surface area (Å²) < 4.78 is 8.62. The van der Waals surface area contributed by atoms with E-state index >= 15 is 0 Å². The molecule has 4 aromatic rings. The van der Waals surface area contributed by atoms with E-state index in [9.17, 15) is 4.79 Å². The zero-order chi connectivity index (χ0) is 24.9. The van der Waals surface area contributed by atoms with E-state index in [1.807, 2.05) is 47.6 Å². The molecule has 0 saturated heterocycles. The van der Waals surface area contributed by atoms with Crippen LogP contribution >= 0.6 is 12.2 Å². The lowest BCUT2D eigenvalue weighted by Crippen LogP contribution is -2.19. The molecule has 180 valence electrons. The van der Waals surface area contributed by atoms with Crippen LogP contribution in [0.3, 0.4) is 0 Å². The number of carbonyl (C=O) groups excluding carboxylic acids is 1. The third kappa shape index (κ3) is 5.75. The largest absolute Gasteiger partial charge is 0.465 e. The Morgan fingerprint density at radius 2 is 1.77 bits per heavy atom. The highest BCUT2D eigenvalue weighted by atomic mass is 32.1. The van der Waals surface area contributed by atoms with Crippen LogP contribution in [0.4, 0.5) is 11.4 Å². The molecular weight excluding hydrogens is 460 g/mol. The Morgan fingerprint density at radius 3 is 2.51 bits per heavy atom. The molecule has 0 atom stereocenters. The third-order valence-corrected chi connectivity index (χ3v) is 5.92. The van der Waals surface area contributed by atoms with E-state index in [-0.39, 0.29) is 5.97 Å². The lowest BCUT2D eigenvalue weighted by atomic mass is 10.1. The molecule has 2 heterocycles. The molecule has 0 fully saturated rings. The number of methoxy groups -OCH3 is 1. The molecule has 35 heavy (non-hydrogen) atoms. The van der Waals surface area contributed by atoms with Crippen LogP contribution in [0.25, 0.3) is 0 Å². The van der Waals surface area contributed by atoms with E-state index in [4.69, 9.17) is 17.0 Å². The number of carbonyl (C=O) groups is 1. The van der Waals surface area contributed by atoms with Crippen LogP contribution in [0.15, 0.2) is 60.9 Å². The molecule has 0 saturated carbocycles. The Labute approximate surface area is 209 Å². The van der Waals surface area contributed by atoms with Crippen LogP contribution in [0.5, 0.6) is 0 Å². The normalized spacial score (nSPS) is 10.7. The SMILES string of the molecule is COC(=O)c1ccccc1Cn1nc(C)c(NC(=S)Nc2cnn(Cc3ccc(C)cc3)c2)c1C. The second kappa shape index (κ2) is 10.5. The fourth-order valence-electron chi connectivity index (χ4n) is 3.83. The zero-order valence-corrected chi connectivity index (χ0v) is 21.0. The molecule has 8 nitrogen and oxygen atoms in total. The molecule has 0 spiro atoms. The van der Waals surface area contributed by atoms with Gasteiger partial charge in [0.05, 0.1) is 54.7 Å². The fourth-order valence-corrected chi connectivity index (χ4v) is 4.05. The number of hydrogen-bond donors (Lipinski definition) is 2. The number of nitrogens with zero attached hydrogens (tertiary/aromatic N) is 4. The maximum absolute atomic E-state index is 12.1. The van der Waals surface area contributed by atoms with Crippen molar-refractivity contribution in [2.45, 2.75) is 33.9 Å². The van der Waals surface area contributed by atoms with Crippen molar-refractivity contribution in [2.75, 3.05) is 17.7 Å². The number of anilines is 2. The molecule has 2 aromatic heterocycles. The van der Waals surface area contributed by atoms with E-state index in [0.717, 1.165) is 28.3 Å². The highest BCUT2D eigenvalue weighted by Crippen LogP contribution is 2.22. The van der Waals surface area contributed by atoms with Gasteiger partial charge in [0.15, 0.2) is 5.11 Å². The van der Waals surface area contributed by atoms with Crippen LogP contribution in [0, 0.1) is 20.8 Å². The molecule has 0 aliphatic rings. The Hall–Kier alpha value is -3.98. The topological polar surface area (TPSA) is 86.0 Å². The van der Waals surface area contributed by atoms with Gasteiger partial charge in [-0.05, 0) is 50.2 Å². The Morgan fingerprint density at radius 1 is 1.03 bits per heavy atom. The fraction of sp³-hybridized carbons (Fsp3) is 0.231. The average molecular weight is 489 g/mol. The van der Waals surface area contributed by atoms with Crippen molar-refractivity contribution in [3.05, 3.63) is 94.6 Å². The number of nitrogens with one attached hydrogen (secondary N) is 2. The monoisotopic (exact) mass is 488 g/mol. The maximum Gasteiger partial charge on any atom is 0.338 e. The first kappa shape index (κ1) is 24.2. The first-order valence-corrected chi connectivity index (χ1v) is 11.6. The summed E-state index contributed by atoms with van der Waals surface area (Å²) in [5, 5.41) is 16.0. The van der Waals surface area contributed by atoms with Gasteiger partial charge < -0.3 is 15.4 Å². The molecular formula is C26H28N6O2S. The van der Waals surface area contributed by atoms with Crippen molar-refractivity contribution < 1.29 is 9.53 Å². The summed E-state index contributed by atoms with van der Waals surface area (Å²) in [5.41, 5.74) is 7.09. The van der Waals surface area contributed by atoms with Crippen molar-refractivity contribution in [1.82, 2.24) is 19.6 Å². The molecule has 0 aliphatic carbocycles. The molecule has 2 N–H and O–H groups in total. The minimum absolute atomic E-state index is 0.367.